The third kappa shape index (κ3) is 3.47. The summed E-state index contributed by atoms with van der Waals surface area (Å²) in [6.07, 6.45) is 2.72. The minimum atomic E-state index is -0.524. The molecular formula is C15H19ClN2O3. The Morgan fingerprint density at radius 2 is 2.19 bits per heavy atom. The number of amides is 1. The van der Waals surface area contributed by atoms with Crippen molar-refractivity contribution in [2.45, 2.75) is 32.2 Å². The molecule has 1 atom stereocenters. The number of primary amides is 1. The summed E-state index contributed by atoms with van der Waals surface area (Å²) in [5, 5.41) is 0.419. The first-order valence-electron chi connectivity index (χ1n) is 7.07. The number of carbonyl (C=O) groups is 2. The molecule has 1 fully saturated rings. The lowest BCUT2D eigenvalue weighted by atomic mass is 10.0. The summed E-state index contributed by atoms with van der Waals surface area (Å²) < 4.78 is 5.14. The third-order valence-electron chi connectivity index (χ3n) is 3.60. The average Bonchev–Trinajstić information content (AvgIpc) is 2.47. The van der Waals surface area contributed by atoms with Crippen LogP contribution in [-0.4, -0.2) is 31.1 Å². The molecule has 1 aromatic carbocycles. The van der Waals surface area contributed by atoms with Crippen LogP contribution in [0.5, 0.6) is 0 Å². The van der Waals surface area contributed by atoms with E-state index in [4.69, 9.17) is 22.1 Å². The van der Waals surface area contributed by atoms with Gasteiger partial charge in [0.2, 0.25) is 5.91 Å². The predicted octanol–water partition coefficient (Wildman–Crippen LogP) is 2.36. The predicted molar refractivity (Wildman–Crippen MR) is 81.6 cm³/mol. The van der Waals surface area contributed by atoms with Crippen molar-refractivity contribution in [1.29, 1.82) is 0 Å². The van der Waals surface area contributed by atoms with Crippen LogP contribution in [0.25, 0.3) is 0 Å². The van der Waals surface area contributed by atoms with Crippen LogP contribution in [0, 0.1) is 0 Å². The van der Waals surface area contributed by atoms with Crippen molar-refractivity contribution in [3.63, 3.8) is 0 Å². The Balaban J connectivity index is 2.29. The van der Waals surface area contributed by atoms with Crippen LogP contribution in [0.3, 0.4) is 0 Å². The largest absolute Gasteiger partial charge is 0.464 e. The molecule has 5 nitrogen and oxygen atoms in total. The lowest BCUT2D eigenvalue weighted by Crippen LogP contribution is -2.45. The van der Waals surface area contributed by atoms with E-state index in [1.807, 2.05) is 4.90 Å². The van der Waals surface area contributed by atoms with Crippen molar-refractivity contribution < 1.29 is 14.3 Å². The van der Waals surface area contributed by atoms with Gasteiger partial charge in [0.15, 0.2) is 0 Å². The van der Waals surface area contributed by atoms with Gasteiger partial charge >= 0.3 is 5.97 Å². The Morgan fingerprint density at radius 1 is 1.43 bits per heavy atom. The number of nitrogens with two attached hydrogens (primary N) is 1. The molecule has 1 aliphatic heterocycles. The minimum absolute atomic E-state index is 0.229. The van der Waals surface area contributed by atoms with Crippen LogP contribution in [0.15, 0.2) is 18.2 Å². The number of nitrogens with zero attached hydrogens (tertiary/aromatic N) is 1. The molecule has 1 aromatic rings. The van der Waals surface area contributed by atoms with Gasteiger partial charge in [-0.2, -0.15) is 0 Å². The zero-order chi connectivity index (χ0) is 15.4. The minimum Gasteiger partial charge on any atom is -0.464 e. The zero-order valence-corrected chi connectivity index (χ0v) is 12.7. The standard InChI is InChI=1S/C15H19ClN2O3/c1-2-21-15(20)13-5-3-4-8-18(13)12-7-6-10(14(17)19)9-11(12)16/h6-7,9,13H,2-5,8H2,1H3,(H2,17,19). The van der Waals surface area contributed by atoms with E-state index in [1.165, 1.54) is 6.07 Å². The fraction of sp³-hybridized carbons (Fsp3) is 0.467. The quantitative estimate of drug-likeness (QED) is 0.867. The highest BCUT2D eigenvalue weighted by Crippen LogP contribution is 2.32. The summed E-state index contributed by atoms with van der Waals surface area (Å²) in [5.74, 6) is -0.753. The second-order valence-electron chi connectivity index (χ2n) is 4.99. The molecular weight excluding hydrogens is 292 g/mol. The highest BCUT2D eigenvalue weighted by Gasteiger charge is 2.31. The molecule has 0 bridgehead atoms. The fourth-order valence-corrected chi connectivity index (χ4v) is 2.89. The van der Waals surface area contributed by atoms with Crippen LogP contribution < -0.4 is 10.6 Å². The number of esters is 1. The van der Waals surface area contributed by atoms with Crippen molar-refractivity contribution in [3.8, 4) is 0 Å². The van der Waals surface area contributed by atoms with E-state index in [0.29, 0.717) is 17.2 Å². The van der Waals surface area contributed by atoms with Crippen molar-refractivity contribution in [2.75, 3.05) is 18.1 Å². The van der Waals surface area contributed by atoms with Gasteiger partial charge in [0.25, 0.3) is 0 Å². The van der Waals surface area contributed by atoms with E-state index in [-0.39, 0.29) is 12.0 Å². The fourth-order valence-electron chi connectivity index (χ4n) is 2.60. The van der Waals surface area contributed by atoms with Crippen molar-refractivity contribution in [1.82, 2.24) is 0 Å². The van der Waals surface area contributed by atoms with E-state index in [0.717, 1.165) is 31.5 Å². The number of hydrogen-bond donors (Lipinski definition) is 1. The molecule has 0 radical (unpaired) electrons. The molecule has 6 heteroatoms. The maximum atomic E-state index is 12.1. The van der Waals surface area contributed by atoms with Gasteiger partial charge in [0.1, 0.15) is 6.04 Å². The summed E-state index contributed by atoms with van der Waals surface area (Å²) >= 11 is 6.25. The van der Waals surface area contributed by atoms with Gasteiger partial charge in [-0.25, -0.2) is 4.79 Å². The van der Waals surface area contributed by atoms with Gasteiger partial charge in [0.05, 0.1) is 17.3 Å². The lowest BCUT2D eigenvalue weighted by molar-refractivity contribution is -0.145. The van der Waals surface area contributed by atoms with Gasteiger partial charge in [0, 0.05) is 12.1 Å². The zero-order valence-electron chi connectivity index (χ0n) is 12.0. The number of anilines is 1. The molecule has 1 heterocycles. The number of halogens is 1. The van der Waals surface area contributed by atoms with Crippen molar-refractivity contribution in [2.24, 2.45) is 5.73 Å². The maximum Gasteiger partial charge on any atom is 0.328 e. The molecule has 1 amide bonds. The lowest BCUT2D eigenvalue weighted by Gasteiger charge is -2.36. The van der Waals surface area contributed by atoms with Gasteiger partial charge in [-0.1, -0.05) is 11.6 Å². The molecule has 0 aromatic heterocycles. The maximum absolute atomic E-state index is 12.1. The van der Waals surface area contributed by atoms with Crippen LogP contribution in [0.2, 0.25) is 5.02 Å². The summed E-state index contributed by atoms with van der Waals surface area (Å²) in [4.78, 5) is 25.2. The molecule has 0 aliphatic carbocycles. The first kappa shape index (κ1) is 15.6. The van der Waals surface area contributed by atoms with E-state index in [9.17, 15) is 9.59 Å². The highest BCUT2D eigenvalue weighted by molar-refractivity contribution is 6.33. The summed E-state index contributed by atoms with van der Waals surface area (Å²) in [6.45, 7) is 2.89. The Hall–Kier alpha value is -1.75. The molecule has 1 unspecified atom stereocenters. The molecule has 2 rings (SSSR count). The molecule has 1 aliphatic rings. The van der Waals surface area contributed by atoms with Crippen LogP contribution in [0.1, 0.15) is 36.5 Å². The summed E-state index contributed by atoms with van der Waals surface area (Å²) in [6, 6.07) is 4.58. The van der Waals surface area contributed by atoms with E-state index in [2.05, 4.69) is 0 Å². The Kier molecular flexibility index (Phi) is 5.07. The number of carbonyl (C=O) groups excluding carboxylic acids is 2. The number of piperidine rings is 1. The van der Waals surface area contributed by atoms with E-state index < -0.39 is 5.91 Å². The second kappa shape index (κ2) is 6.80. The average molecular weight is 311 g/mol. The van der Waals surface area contributed by atoms with E-state index >= 15 is 0 Å². The molecule has 114 valence electrons. The van der Waals surface area contributed by atoms with Gasteiger partial charge in [-0.05, 0) is 44.4 Å². The second-order valence-corrected chi connectivity index (χ2v) is 5.39. The highest BCUT2D eigenvalue weighted by atomic mass is 35.5. The monoisotopic (exact) mass is 310 g/mol. The first-order valence-corrected chi connectivity index (χ1v) is 7.45. The number of ether oxygens (including phenoxy) is 1. The Bertz CT molecular complexity index is 548. The molecule has 21 heavy (non-hydrogen) atoms. The Labute approximate surface area is 129 Å². The van der Waals surface area contributed by atoms with Crippen LogP contribution >= 0.6 is 11.6 Å². The normalized spacial score (nSPS) is 18.4. The smallest absolute Gasteiger partial charge is 0.328 e. The SMILES string of the molecule is CCOC(=O)C1CCCCN1c1ccc(C(N)=O)cc1Cl. The molecule has 0 spiro atoms. The summed E-state index contributed by atoms with van der Waals surface area (Å²) in [5.41, 5.74) is 6.33. The number of benzene rings is 1. The first-order chi connectivity index (χ1) is 10.0. The Morgan fingerprint density at radius 3 is 2.81 bits per heavy atom. The van der Waals surface area contributed by atoms with Gasteiger partial charge in [-0.3, -0.25) is 4.79 Å². The molecule has 1 saturated heterocycles. The van der Waals surface area contributed by atoms with Crippen LogP contribution in [-0.2, 0) is 9.53 Å². The van der Waals surface area contributed by atoms with Gasteiger partial charge in [-0.15, -0.1) is 0 Å². The van der Waals surface area contributed by atoms with Crippen LogP contribution in [0.4, 0.5) is 5.69 Å². The van der Waals surface area contributed by atoms with Gasteiger partial charge < -0.3 is 15.4 Å². The van der Waals surface area contributed by atoms with E-state index in [1.54, 1.807) is 19.1 Å². The molecule has 2 N–H and O–H groups in total. The number of rotatable bonds is 4. The summed E-state index contributed by atoms with van der Waals surface area (Å²) in [7, 11) is 0. The number of hydrogen-bond acceptors (Lipinski definition) is 4. The topological polar surface area (TPSA) is 72.6 Å². The van der Waals surface area contributed by atoms with Crippen molar-refractivity contribution >= 4 is 29.2 Å². The van der Waals surface area contributed by atoms with Crippen molar-refractivity contribution in [3.05, 3.63) is 28.8 Å². The third-order valence-corrected chi connectivity index (χ3v) is 3.91. The molecule has 0 saturated carbocycles.